The average molecular weight is 634 g/mol. The summed E-state index contributed by atoms with van der Waals surface area (Å²) in [5, 5.41) is 7.59. The summed E-state index contributed by atoms with van der Waals surface area (Å²) in [5.74, 6) is -1.46. The number of rotatable bonds is 9. The molecule has 3 N–H and O–H groups in total. The van der Waals surface area contributed by atoms with E-state index in [1.54, 1.807) is 45.0 Å². The lowest BCUT2D eigenvalue weighted by Gasteiger charge is -2.20. The summed E-state index contributed by atoms with van der Waals surface area (Å²) in [4.78, 5) is 37.6. The van der Waals surface area contributed by atoms with E-state index in [4.69, 9.17) is 8.92 Å². The van der Waals surface area contributed by atoms with Crippen LogP contribution in [0.25, 0.3) is 6.08 Å². The fourth-order valence-corrected chi connectivity index (χ4v) is 4.17. The summed E-state index contributed by atoms with van der Waals surface area (Å²) in [5.41, 5.74) is -0.360. The van der Waals surface area contributed by atoms with E-state index in [1.807, 2.05) is 0 Å². The number of hydrogen-bond donors (Lipinski definition) is 3. The van der Waals surface area contributed by atoms with Crippen LogP contribution >= 0.6 is 0 Å². The van der Waals surface area contributed by atoms with Gasteiger partial charge in [0.2, 0.25) is 5.91 Å². The van der Waals surface area contributed by atoms with Crippen molar-refractivity contribution in [2.45, 2.75) is 38.7 Å². The van der Waals surface area contributed by atoms with Gasteiger partial charge >= 0.3 is 12.3 Å². The normalized spacial score (nSPS) is 12.8. The molecule has 3 rings (SSSR count). The fourth-order valence-electron chi connectivity index (χ4n) is 3.62. The molecular weight excluding hydrogens is 603 g/mol. The molecule has 0 spiro atoms. The number of amides is 3. The molecule has 0 radical (unpaired) electrons. The van der Waals surface area contributed by atoms with Crippen LogP contribution in [0.1, 0.15) is 43.6 Å². The number of hydrogen-bond acceptors (Lipinski definition) is 7. The van der Waals surface area contributed by atoms with Gasteiger partial charge in [0.05, 0.1) is 23.2 Å². The predicted octanol–water partition coefficient (Wildman–Crippen LogP) is 6.36. The van der Waals surface area contributed by atoms with Crippen LogP contribution in [0.15, 0.2) is 78.9 Å². The second-order valence-electron chi connectivity index (χ2n) is 10.4. The molecule has 1 unspecified atom stereocenters. The molecule has 0 saturated carbocycles. The number of halogens is 3. The van der Waals surface area contributed by atoms with Crippen molar-refractivity contribution in [2.24, 2.45) is 0 Å². The van der Waals surface area contributed by atoms with Crippen molar-refractivity contribution in [1.82, 2.24) is 0 Å². The van der Waals surface area contributed by atoms with Crippen LogP contribution in [0.4, 0.5) is 35.0 Å². The topological polar surface area (TPSA) is 140 Å². The first kappa shape index (κ1) is 33.8. The molecule has 234 valence electrons. The first-order valence-electron chi connectivity index (χ1n) is 12.9. The van der Waals surface area contributed by atoms with Gasteiger partial charge in [-0.2, -0.15) is 21.6 Å². The second-order valence-corrected chi connectivity index (χ2v) is 12.0. The van der Waals surface area contributed by atoms with E-state index >= 15 is 0 Å². The highest BCUT2D eigenvalue weighted by molar-refractivity contribution is 7.86. The Labute approximate surface area is 252 Å². The average Bonchev–Trinajstić information content (AvgIpc) is 2.90. The Morgan fingerprint density at radius 1 is 0.818 bits per heavy atom. The number of benzene rings is 3. The van der Waals surface area contributed by atoms with Crippen LogP contribution in [0.3, 0.4) is 0 Å². The zero-order chi connectivity index (χ0) is 32.7. The molecule has 0 heterocycles. The molecule has 0 bridgehead atoms. The van der Waals surface area contributed by atoms with Crippen molar-refractivity contribution < 1.29 is 44.9 Å². The van der Waals surface area contributed by atoms with E-state index in [2.05, 4.69) is 16.0 Å². The van der Waals surface area contributed by atoms with Crippen LogP contribution in [-0.2, 0) is 34.8 Å². The minimum absolute atomic E-state index is 0.00136. The van der Waals surface area contributed by atoms with E-state index in [9.17, 15) is 36.0 Å². The van der Waals surface area contributed by atoms with Gasteiger partial charge in [-0.3, -0.25) is 19.1 Å². The molecule has 3 aromatic carbocycles. The number of alkyl halides is 3. The van der Waals surface area contributed by atoms with Crippen molar-refractivity contribution in [3.63, 3.8) is 0 Å². The van der Waals surface area contributed by atoms with E-state index in [0.29, 0.717) is 16.9 Å². The smallest absolute Gasteiger partial charge is 0.416 e. The van der Waals surface area contributed by atoms with Gasteiger partial charge in [-0.1, -0.05) is 36.4 Å². The predicted molar refractivity (Wildman–Crippen MR) is 159 cm³/mol. The van der Waals surface area contributed by atoms with E-state index < -0.39 is 51.5 Å². The summed E-state index contributed by atoms with van der Waals surface area (Å²) in [6.45, 7) is 5.15. The minimum Gasteiger partial charge on any atom is -0.444 e. The third-order valence-corrected chi connectivity index (χ3v) is 6.02. The molecule has 44 heavy (non-hydrogen) atoms. The lowest BCUT2D eigenvalue weighted by Crippen LogP contribution is -2.27. The zero-order valence-electron chi connectivity index (χ0n) is 24.1. The summed E-state index contributed by atoms with van der Waals surface area (Å²) in [7, 11) is -4.13. The van der Waals surface area contributed by atoms with Crippen molar-refractivity contribution >= 4 is 51.2 Å². The summed E-state index contributed by atoms with van der Waals surface area (Å²) in [6, 6.07) is 15.9. The molecule has 0 aliphatic carbocycles. The van der Waals surface area contributed by atoms with E-state index in [-0.39, 0.29) is 11.3 Å². The molecule has 0 aliphatic rings. The molecule has 14 heteroatoms. The van der Waals surface area contributed by atoms with E-state index in [0.717, 1.165) is 30.5 Å². The van der Waals surface area contributed by atoms with Crippen molar-refractivity contribution in [3.05, 3.63) is 95.6 Å². The highest BCUT2D eigenvalue weighted by Crippen LogP contribution is 2.30. The Balaban J connectivity index is 1.70. The summed E-state index contributed by atoms with van der Waals surface area (Å²) < 4.78 is 72.4. The van der Waals surface area contributed by atoms with Gasteiger partial charge in [-0.05, 0) is 74.4 Å². The van der Waals surface area contributed by atoms with Crippen molar-refractivity contribution in [2.75, 3.05) is 22.2 Å². The molecule has 1 atom stereocenters. The molecule has 0 aromatic heterocycles. The number of nitrogens with one attached hydrogen (secondary N) is 3. The van der Waals surface area contributed by atoms with Crippen LogP contribution in [0.2, 0.25) is 0 Å². The maximum absolute atomic E-state index is 12.9. The summed E-state index contributed by atoms with van der Waals surface area (Å²) >= 11 is 0. The molecule has 0 fully saturated rings. The zero-order valence-corrected chi connectivity index (χ0v) is 24.9. The Morgan fingerprint density at radius 2 is 1.39 bits per heavy atom. The monoisotopic (exact) mass is 633 g/mol. The Morgan fingerprint density at radius 3 is 1.91 bits per heavy atom. The van der Waals surface area contributed by atoms with Crippen LogP contribution in [0, 0.1) is 0 Å². The fraction of sp³-hybridized carbons (Fsp3) is 0.233. The molecular formula is C30H30F3N3O7S. The van der Waals surface area contributed by atoms with Gasteiger partial charge in [-0.25, -0.2) is 4.79 Å². The van der Waals surface area contributed by atoms with Crippen LogP contribution in [-0.4, -0.2) is 38.2 Å². The number of para-hydroxylation sites is 2. The first-order chi connectivity index (χ1) is 20.4. The largest absolute Gasteiger partial charge is 0.444 e. The standard InChI is InChI=1S/C30H30F3N3O7S/c1-29(2,3)42-28(39)36-24-8-6-5-7-23(24)35-25(37)18-11-19-9-12-20(13-10-19)26(43-44(4,40)41)27(38)34-22-16-14-21(15-17-22)30(31,32)33/h5-18,26H,1-4H3,(H,34,38)(H,35,37)(H,36,39). The third kappa shape index (κ3) is 10.9. The summed E-state index contributed by atoms with van der Waals surface area (Å²) in [6.07, 6.45) is -3.48. The van der Waals surface area contributed by atoms with Gasteiger partial charge in [0.1, 0.15) is 5.60 Å². The first-order valence-corrected chi connectivity index (χ1v) is 14.8. The lowest BCUT2D eigenvalue weighted by molar-refractivity contribution is -0.137. The number of carbonyl (C=O) groups is 3. The third-order valence-electron chi connectivity index (χ3n) is 5.48. The Hall–Kier alpha value is -4.69. The molecule has 0 saturated heterocycles. The maximum atomic E-state index is 12.9. The molecule has 3 amide bonds. The van der Waals surface area contributed by atoms with E-state index in [1.165, 1.54) is 36.4 Å². The van der Waals surface area contributed by atoms with Crippen molar-refractivity contribution in [3.8, 4) is 0 Å². The number of carbonyl (C=O) groups excluding carboxylic acids is 3. The van der Waals surface area contributed by atoms with Gasteiger partial charge in [0.15, 0.2) is 6.10 Å². The molecule has 10 nitrogen and oxygen atoms in total. The van der Waals surface area contributed by atoms with Gasteiger partial charge in [0, 0.05) is 11.8 Å². The van der Waals surface area contributed by atoms with Crippen molar-refractivity contribution in [1.29, 1.82) is 0 Å². The van der Waals surface area contributed by atoms with Crippen LogP contribution in [0.5, 0.6) is 0 Å². The van der Waals surface area contributed by atoms with Gasteiger partial charge in [-0.15, -0.1) is 0 Å². The van der Waals surface area contributed by atoms with Crippen LogP contribution < -0.4 is 16.0 Å². The Bertz CT molecular complexity index is 1630. The molecule has 0 aliphatic heterocycles. The highest BCUT2D eigenvalue weighted by Gasteiger charge is 2.30. The quantitative estimate of drug-likeness (QED) is 0.184. The number of anilines is 3. The minimum atomic E-state index is -4.56. The molecule has 3 aromatic rings. The maximum Gasteiger partial charge on any atom is 0.416 e. The van der Waals surface area contributed by atoms with Gasteiger partial charge < -0.3 is 15.4 Å². The highest BCUT2D eigenvalue weighted by atomic mass is 32.2. The lowest BCUT2D eigenvalue weighted by atomic mass is 10.1. The van der Waals surface area contributed by atoms with Gasteiger partial charge in [0.25, 0.3) is 16.0 Å². The number of ether oxygens (including phenoxy) is 1. The SMILES string of the molecule is CC(C)(C)OC(=O)Nc1ccccc1NC(=O)C=Cc1ccc(C(OS(C)(=O)=O)C(=O)Nc2ccc(C(F)(F)F)cc2)cc1. The second kappa shape index (κ2) is 13.7. The Kier molecular flexibility index (Phi) is 10.6.